The van der Waals surface area contributed by atoms with Gasteiger partial charge < -0.3 is 14.8 Å². The molecule has 0 unspecified atom stereocenters. The van der Waals surface area contributed by atoms with Gasteiger partial charge >= 0.3 is 0 Å². The molecule has 7 nitrogen and oxygen atoms in total. The van der Waals surface area contributed by atoms with Gasteiger partial charge in [0.25, 0.3) is 0 Å². The van der Waals surface area contributed by atoms with Gasteiger partial charge in [0.2, 0.25) is 11.1 Å². The van der Waals surface area contributed by atoms with Crippen LogP contribution in [0, 0.1) is 0 Å². The lowest BCUT2D eigenvalue weighted by Crippen LogP contribution is -2.23. The average Bonchev–Trinajstić information content (AvgIpc) is 3.54. The van der Waals surface area contributed by atoms with Crippen molar-refractivity contribution in [2.24, 2.45) is 0 Å². The molecule has 2 aliphatic rings. The number of carbonyl (C=O) groups is 1. The zero-order valence-electron chi connectivity index (χ0n) is 16.6. The van der Waals surface area contributed by atoms with Gasteiger partial charge in [-0.3, -0.25) is 4.79 Å². The summed E-state index contributed by atoms with van der Waals surface area (Å²) in [7, 11) is 0. The second-order valence-electron chi connectivity index (χ2n) is 7.38. The number of nitrogens with zero attached hydrogens (tertiary/aromatic N) is 3. The number of hydrogen-bond acceptors (Lipinski definition) is 6. The van der Waals surface area contributed by atoms with Crippen LogP contribution in [0.3, 0.4) is 0 Å². The average molecular weight is 423 g/mol. The van der Waals surface area contributed by atoms with Gasteiger partial charge in [0.1, 0.15) is 19.0 Å². The molecule has 1 amide bonds. The van der Waals surface area contributed by atoms with E-state index in [1.165, 1.54) is 11.8 Å². The molecule has 1 aliphatic carbocycles. The first-order valence-corrected chi connectivity index (χ1v) is 10.9. The molecular formula is C22H22N4O3S. The van der Waals surface area contributed by atoms with Crippen molar-refractivity contribution in [2.75, 3.05) is 18.5 Å². The Hall–Kier alpha value is -3.00. The Labute approximate surface area is 178 Å². The first-order valence-electron chi connectivity index (χ1n) is 10.1. The summed E-state index contributed by atoms with van der Waals surface area (Å²) in [5.74, 6) is 2.67. The van der Waals surface area contributed by atoms with Crippen LogP contribution in [-0.2, 0) is 4.79 Å². The lowest BCUT2D eigenvalue weighted by atomic mass is 10.2. The van der Waals surface area contributed by atoms with Gasteiger partial charge in [-0.1, -0.05) is 30.0 Å². The zero-order valence-corrected chi connectivity index (χ0v) is 17.4. The second kappa shape index (κ2) is 8.02. The number of nitrogens with one attached hydrogen (secondary N) is 1. The fourth-order valence-corrected chi connectivity index (χ4v) is 4.05. The summed E-state index contributed by atoms with van der Waals surface area (Å²) in [6.07, 6.45) is 2.27. The highest BCUT2D eigenvalue weighted by Gasteiger charge is 2.31. The zero-order chi connectivity index (χ0) is 20.5. The number of aromatic nitrogens is 3. The molecule has 1 fully saturated rings. The lowest BCUT2D eigenvalue weighted by Gasteiger charge is -2.19. The Kier molecular flexibility index (Phi) is 5.08. The van der Waals surface area contributed by atoms with E-state index in [0.717, 1.165) is 24.4 Å². The summed E-state index contributed by atoms with van der Waals surface area (Å²) < 4.78 is 13.0. The number of fused-ring (bicyclic) bond motifs is 1. The van der Waals surface area contributed by atoms with Gasteiger partial charge in [0.15, 0.2) is 11.5 Å². The minimum atomic E-state index is -0.350. The van der Waals surface area contributed by atoms with Crippen LogP contribution in [0.1, 0.15) is 31.5 Å². The fourth-order valence-electron chi connectivity index (χ4n) is 3.30. The van der Waals surface area contributed by atoms with E-state index in [2.05, 4.69) is 10.4 Å². The van der Waals surface area contributed by atoms with Crippen molar-refractivity contribution >= 4 is 23.4 Å². The Morgan fingerprint density at radius 3 is 2.67 bits per heavy atom. The highest BCUT2D eigenvalue weighted by Crippen LogP contribution is 2.40. The van der Waals surface area contributed by atoms with Gasteiger partial charge in [0, 0.05) is 17.7 Å². The number of anilines is 1. The number of thioether (sulfide) groups is 1. The maximum Gasteiger partial charge on any atom is 0.237 e. The normalized spacial score (nSPS) is 16.2. The van der Waals surface area contributed by atoms with Crippen molar-refractivity contribution in [2.45, 2.75) is 36.1 Å². The standard InChI is InChI=1S/C22H22N4O3S/c1-14(21(27)23-16-9-10-18-19(13-16)29-12-11-28-18)30-22-24-20(15-7-8-15)26(25-22)17-5-3-2-4-6-17/h2-6,9-10,13-15H,7-8,11-12H2,1H3,(H,23,27)/t14-/m1/s1. The maximum absolute atomic E-state index is 12.7. The third-order valence-electron chi connectivity index (χ3n) is 5.02. The second-order valence-corrected chi connectivity index (χ2v) is 8.69. The first-order chi connectivity index (χ1) is 14.7. The van der Waals surface area contributed by atoms with E-state index in [1.807, 2.05) is 54.1 Å². The van der Waals surface area contributed by atoms with Crippen molar-refractivity contribution < 1.29 is 14.3 Å². The molecule has 0 saturated heterocycles. The Morgan fingerprint density at radius 2 is 1.90 bits per heavy atom. The smallest absolute Gasteiger partial charge is 0.237 e. The molecule has 1 aromatic heterocycles. The molecule has 154 valence electrons. The third-order valence-corrected chi connectivity index (χ3v) is 5.97. The summed E-state index contributed by atoms with van der Waals surface area (Å²) in [6.45, 7) is 2.91. The molecule has 0 bridgehead atoms. The quantitative estimate of drug-likeness (QED) is 0.604. The molecule has 1 atom stereocenters. The largest absolute Gasteiger partial charge is 0.486 e. The number of hydrogen-bond donors (Lipinski definition) is 1. The van der Waals surface area contributed by atoms with Gasteiger partial charge in [-0.05, 0) is 44.0 Å². The topological polar surface area (TPSA) is 78.3 Å². The van der Waals surface area contributed by atoms with Gasteiger partial charge in [-0.25, -0.2) is 9.67 Å². The number of amides is 1. The highest BCUT2D eigenvalue weighted by molar-refractivity contribution is 8.00. The number of carbonyl (C=O) groups excluding carboxylic acids is 1. The molecule has 3 aromatic rings. The van der Waals surface area contributed by atoms with Crippen molar-refractivity contribution in [3.05, 3.63) is 54.4 Å². The summed E-state index contributed by atoms with van der Waals surface area (Å²) in [5.41, 5.74) is 1.67. The van der Waals surface area contributed by atoms with Crippen LogP contribution in [0.25, 0.3) is 5.69 Å². The Morgan fingerprint density at radius 1 is 1.13 bits per heavy atom. The van der Waals surface area contributed by atoms with E-state index in [4.69, 9.17) is 14.5 Å². The molecule has 30 heavy (non-hydrogen) atoms. The monoisotopic (exact) mass is 422 g/mol. The molecule has 2 aromatic carbocycles. The van der Waals surface area contributed by atoms with Crippen LogP contribution in [0.15, 0.2) is 53.7 Å². The van der Waals surface area contributed by atoms with Crippen LogP contribution < -0.4 is 14.8 Å². The molecule has 1 saturated carbocycles. The van der Waals surface area contributed by atoms with Crippen LogP contribution >= 0.6 is 11.8 Å². The van der Waals surface area contributed by atoms with Crippen LogP contribution in [0.4, 0.5) is 5.69 Å². The maximum atomic E-state index is 12.7. The van der Waals surface area contributed by atoms with E-state index in [-0.39, 0.29) is 11.2 Å². The van der Waals surface area contributed by atoms with Crippen LogP contribution in [-0.4, -0.2) is 39.1 Å². The van der Waals surface area contributed by atoms with Crippen LogP contribution in [0.2, 0.25) is 0 Å². The summed E-state index contributed by atoms with van der Waals surface area (Å²) in [4.78, 5) is 17.5. The summed E-state index contributed by atoms with van der Waals surface area (Å²) in [6, 6.07) is 15.4. The van der Waals surface area contributed by atoms with Crippen molar-refractivity contribution in [1.82, 2.24) is 14.8 Å². The van der Waals surface area contributed by atoms with Gasteiger partial charge in [0.05, 0.1) is 10.9 Å². The Balaban J connectivity index is 1.29. The molecule has 5 rings (SSSR count). The van der Waals surface area contributed by atoms with Crippen LogP contribution in [0.5, 0.6) is 11.5 Å². The lowest BCUT2D eigenvalue weighted by molar-refractivity contribution is -0.115. The minimum Gasteiger partial charge on any atom is -0.486 e. The molecule has 2 heterocycles. The van der Waals surface area contributed by atoms with Gasteiger partial charge in [-0.15, -0.1) is 5.10 Å². The number of ether oxygens (including phenoxy) is 2. The van der Waals surface area contributed by atoms with E-state index >= 15 is 0 Å². The predicted octanol–water partition coefficient (Wildman–Crippen LogP) is 4.04. The number of rotatable bonds is 6. The van der Waals surface area contributed by atoms with Crippen molar-refractivity contribution in [1.29, 1.82) is 0 Å². The van der Waals surface area contributed by atoms with Crippen molar-refractivity contribution in [3.63, 3.8) is 0 Å². The summed E-state index contributed by atoms with van der Waals surface area (Å²) >= 11 is 1.36. The number of para-hydroxylation sites is 1. The molecule has 1 N–H and O–H groups in total. The van der Waals surface area contributed by atoms with E-state index < -0.39 is 0 Å². The van der Waals surface area contributed by atoms with E-state index in [1.54, 1.807) is 6.07 Å². The first kappa shape index (κ1) is 19.0. The van der Waals surface area contributed by atoms with Crippen molar-refractivity contribution in [3.8, 4) is 17.2 Å². The highest BCUT2D eigenvalue weighted by atomic mass is 32.2. The SMILES string of the molecule is C[C@@H](Sc1nc(C2CC2)n(-c2ccccc2)n1)C(=O)Nc1ccc2c(c1)OCCO2. The molecule has 1 aliphatic heterocycles. The third kappa shape index (κ3) is 4.00. The fraction of sp³-hybridized carbons (Fsp3) is 0.318. The molecular weight excluding hydrogens is 400 g/mol. The summed E-state index contributed by atoms with van der Waals surface area (Å²) in [5, 5.41) is 7.89. The van der Waals surface area contributed by atoms with E-state index in [0.29, 0.717) is 41.5 Å². The molecule has 8 heteroatoms. The number of benzene rings is 2. The van der Waals surface area contributed by atoms with Gasteiger partial charge in [-0.2, -0.15) is 0 Å². The molecule has 0 radical (unpaired) electrons. The molecule has 0 spiro atoms. The Bertz CT molecular complexity index is 1070. The predicted molar refractivity (Wildman–Crippen MR) is 115 cm³/mol. The van der Waals surface area contributed by atoms with E-state index in [9.17, 15) is 4.79 Å². The minimum absolute atomic E-state index is 0.110.